The lowest BCUT2D eigenvalue weighted by molar-refractivity contribution is 0.301. The molecule has 1 aromatic carbocycles. The summed E-state index contributed by atoms with van der Waals surface area (Å²) in [5.41, 5.74) is 0.433. The second-order valence-corrected chi connectivity index (χ2v) is 8.89. The molecule has 0 bridgehead atoms. The van der Waals surface area contributed by atoms with Crippen molar-refractivity contribution in [2.24, 2.45) is 0 Å². The van der Waals surface area contributed by atoms with Gasteiger partial charge in [0.2, 0.25) is 10.0 Å². The Morgan fingerprint density at radius 3 is 2.77 bits per heavy atom. The van der Waals surface area contributed by atoms with Gasteiger partial charge in [-0.15, -0.1) is 21.5 Å². The summed E-state index contributed by atoms with van der Waals surface area (Å²) in [6, 6.07) is 6.53. The summed E-state index contributed by atoms with van der Waals surface area (Å²) in [6.45, 7) is 1.31. The molecule has 7 nitrogen and oxygen atoms in total. The first kappa shape index (κ1) is 18.7. The summed E-state index contributed by atoms with van der Waals surface area (Å²) in [7, 11) is -3.56. The number of nitrogens with zero attached hydrogens (tertiary/aromatic N) is 4. The van der Waals surface area contributed by atoms with E-state index in [0.29, 0.717) is 20.6 Å². The summed E-state index contributed by atoms with van der Waals surface area (Å²) < 4.78 is 44.0. The number of hydrogen-bond acceptors (Lipinski definition) is 7. The molecule has 0 saturated carbocycles. The fraction of sp³-hybridized carbons (Fsp3) is 0.267. The summed E-state index contributed by atoms with van der Waals surface area (Å²) in [4.78, 5) is 4.73. The molecule has 26 heavy (non-hydrogen) atoms. The van der Waals surface area contributed by atoms with E-state index in [-0.39, 0.29) is 18.3 Å². The van der Waals surface area contributed by atoms with Crippen molar-refractivity contribution in [1.29, 1.82) is 0 Å². The van der Waals surface area contributed by atoms with E-state index in [1.54, 1.807) is 24.3 Å². The van der Waals surface area contributed by atoms with Crippen LogP contribution in [0.25, 0.3) is 10.8 Å². The standard InChI is InChI=1S/C15H14ClFN4O3S2/c1-9(17)14-19-20-15(24-14)12-7-18-13(25-12)8-21(26(2,22)23)11-5-3-4-10(16)6-11/h3-7,9H,8H2,1-2H3. The van der Waals surface area contributed by atoms with E-state index in [9.17, 15) is 12.8 Å². The van der Waals surface area contributed by atoms with Crippen LogP contribution in [-0.2, 0) is 16.6 Å². The van der Waals surface area contributed by atoms with Crippen LogP contribution in [0.4, 0.5) is 10.1 Å². The van der Waals surface area contributed by atoms with E-state index in [4.69, 9.17) is 16.0 Å². The van der Waals surface area contributed by atoms with Gasteiger partial charge in [-0.1, -0.05) is 17.7 Å². The van der Waals surface area contributed by atoms with Gasteiger partial charge in [-0.25, -0.2) is 17.8 Å². The molecule has 0 amide bonds. The van der Waals surface area contributed by atoms with Crippen LogP contribution < -0.4 is 4.31 Å². The second-order valence-electron chi connectivity index (χ2n) is 5.43. The second kappa shape index (κ2) is 7.29. The number of sulfonamides is 1. The minimum atomic E-state index is -3.56. The molecule has 2 heterocycles. The lowest BCUT2D eigenvalue weighted by Crippen LogP contribution is -2.29. The molecule has 0 spiro atoms. The van der Waals surface area contributed by atoms with Crippen molar-refractivity contribution in [3.63, 3.8) is 0 Å². The first-order chi connectivity index (χ1) is 12.2. The Morgan fingerprint density at radius 1 is 1.38 bits per heavy atom. The molecule has 0 fully saturated rings. The summed E-state index contributed by atoms with van der Waals surface area (Å²) in [5.74, 6) is 0.0218. The van der Waals surface area contributed by atoms with Gasteiger partial charge in [0.15, 0.2) is 6.17 Å². The number of aromatic nitrogens is 3. The maximum atomic E-state index is 13.2. The van der Waals surface area contributed by atoms with Crippen molar-refractivity contribution >= 4 is 38.6 Å². The fourth-order valence-corrected chi connectivity index (χ4v) is 4.08. The van der Waals surface area contributed by atoms with Gasteiger partial charge in [-0.2, -0.15) is 0 Å². The van der Waals surface area contributed by atoms with Crippen molar-refractivity contribution in [3.8, 4) is 10.8 Å². The molecule has 1 atom stereocenters. The fourth-order valence-electron chi connectivity index (χ4n) is 2.13. The van der Waals surface area contributed by atoms with E-state index >= 15 is 0 Å². The highest BCUT2D eigenvalue weighted by Crippen LogP contribution is 2.30. The van der Waals surface area contributed by atoms with Gasteiger partial charge in [0, 0.05) is 5.02 Å². The zero-order valence-electron chi connectivity index (χ0n) is 13.8. The molecule has 0 radical (unpaired) electrons. The van der Waals surface area contributed by atoms with E-state index in [2.05, 4.69) is 15.2 Å². The number of benzene rings is 1. The maximum Gasteiger partial charge on any atom is 0.259 e. The van der Waals surface area contributed by atoms with Crippen LogP contribution in [0.1, 0.15) is 24.0 Å². The molecule has 0 N–H and O–H groups in total. The van der Waals surface area contributed by atoms with Crippen molar-refractivity contribution in [1.82, 2.24) is 15.2 Å². The van der Waals surface area contributed by atoms with Gasteiger partial charge < -0.3 is 4.42 Å². The molecular formula is C15H14ClFN4O3S2. The Balaban J connectivity index is 1.87. The van der Waals surface area contributed by atoms with Gasteiger partial charge in [-0.05, 0) is 25.1 Å². The van der Waals surface area contributed by atoms with Crippen molar-refractivity contribution < 1.29 is 17.2 Å². The van der Waals surface area contributed by atoms with Crippen LogP contribution >= 0.6 is 22.9 Å². The number of thiazole rings is 1. The molecule has 2 aromatic heterocycles. The molecule has 0 saturated heterocycles. The molecule has 0 aliphatic rings. The molecule has 0 aliphatic carbocycles. The van der Waals surface area contributed by atoms with Crippen LogP contribution in [0.2, 0.25) is 5.02 Å². The highest BCUT2D eigenvalue weighted by atomic mass is 35.5. The molecule has 3 rings (SSSR count). The normalized spacial score (nSPS) is 12.9. The van der Waals surface area contributed by atoms with E-state index < -0.39 is 16.2 Å². The maximum absolute atomic E-state index is 13.2. The number of rotatable bonds is 6. The molecule has 3 aromatic rings. The Hall–Kier alpha value is -2.04. The molecule has 1 unspecified atom stereocenters. The van der Waals surface area contributed by atoms with E-state index in [1.807, 2.05) is 0 Å². The van der Waals surface area contributed by atoms with Gasteiger partial charge >= 0.3 is 0 Å². The number of halogens is 2. The zero-order valence-corrected chi connectivity index (χ0v) is 16.1. The topological polar surface area (TPSA) is 89.2 Å². The summed E-state index contributed by atoms with van der Waals surface area (Å²) in [5, 5.41) is 8.35. The van der Waals surface area contributed by atoms with Crippen LogP contribution in [0, 0.1) is 0 Å². The van der Waals surface area contributed by atoms with Crippen LogP contribution in [0.15, 0.2) is 34.9 Å². The number of alkyl halides is 1. The first-order valence-corrected chi connectivity index (χ1v) is 10.4. The van der Waals surface area contributed by atoms with Crippen LogP contribution in [-0.4, -0.2) is 29.9 Å². The minimum absolute atomic E-state index is 0.0182. The van der Waals surface area contributed by atoms with E-state index in [1.165, 1.54) is 28.8 Å². The van der Waals surface area contributed by atoms with Gasteiger partial charge in [0.25, 0.3) is 11.8 Å². The molecule has 11 heteroatoms. The highest BCUT2D eigenvalue weighted by molar-refractivity contribution is 7.92. The first-order valence-electron chi connectivity index (χ1n) is 7.40. The lowest BCUT2D eigenvalue weighted by Gasteiger charge is -2.21. The minimum Gasteiger partial charge on any atom is -0.417 e. The summed E-state index contributed by atoms with van der Waals surface area (Å²) in [6.07, 6.45) is 1.22. The Labute approximate surface area is 158 Å². The highest BCUT2D eigenvalue weighted by Gasteiger charge is 2.21. The Kier molecular flexibility index (Phi) is 5.26. The summed E-state index contributed by atoms with van der Waals surface area (Å²) >= 11 is 7.15. The van der Waals surface area contributed by atoms with Gasteiger partial charge in [-0.3, -0.25) is 4.31 Å². The quantitative estimate of drug-likeness (QED) is 0.606. The molecule has 0 aliphatic heterocycles. The van der Waals surface area contributed by atoms with Crippen LogP contribution in [0.5, 0.6) is 0 Å². The van der Waals surface area contributed by atoms with Crippen LogP contribution in [0.3, 0.4) is 0 Å². The van der Waals surface area contributed by atoms with Gasteiger partial charge in [0.05, 0.1) is 24.7 Å². The predicted molar refractivity (Wildman–Crippen MR) is 97.4 cm³/mol. The average Bonchev–Trinajstić information content (AvgIpc) is 3.20. The van der Waals surface area contributed by atoms with Crippen molar-refractivity contribution in [3.05, 3.63) is 46.4 Å². The van der Waals surface area contributed by atoms with E-state index in [0.717, 1.165) is 6.26 Å². The van der Waals surface area contributed by atoms with Crippen molar-refractivity contribution in [2.45, 2.75) is 19.6 Å². The predicted octanol–water partition coefficient (Wildman–Crippen LogP) is 3.84. The average molecular weight is 417 g/mol. The SMILES string of the molecule is CC(F)c1nnc(-c2cnc(CN(c3cccc(Cl)c3)S(C)(=O)=O)s2)o1. The third-order valence-corrected chi connectivity index (χ3v) is 5.67. The Morgan fingerprint density at radius 2 is 2.15 bits per heavy atom. The number of anilines is 1. The van der Waals surface area contributed by atoms with Crippen molar-refractivity contribution in [2.75, 3.05) is 10.6 Å². The smallest absolute Gasteiger partial charge is 0.259 e. The number of hydrogen-bond donors (Lipinski definition) is 0. The third-order valence-electron chi connectivity index (χ3n) is 3.32. The zero-order chi connectivity index (χ0) is 18.9. The third kappa shape index (κ3) is 4.19. The van der Waals surface area contributed by atoms with Gasteiger partial charge in [0.1, 0.15) is 9.88 Å². The molecular weight excluding hydrogens is 403 g/mol. The largest absolute Gasteiger partial charge is 0.417 e. The Bertz CT molecular complexity index is 1020. The monoisotopic (exact) mass is 416 g/mol. The molecule has 138 valence electrons. The lowest BCUT2D eigenvalue weighted by atomic mass is 10.3.